The maximum Gasteiger partial charge on any atom is 0.311 e. The van der Waals surface area contributed by atoms with Crippen molar-refractivity contribution >= 4 is 5.97 Å². The van der Waals surface area contributed by atoms with Crippen LogP contribution < -0.4 is 0 Å². The zero-order chi connectivity index (χ0) is 12.5. The lowest BCUT2D eigenvalue weighted by Crippen LogP contribution is -2.42. The Morgan fingerprint density at radius 1 is 1.06 bits per heavy atom. The molecule has 0 N–H and O–H groups in total. The van der Waals surface area contributed by atoms with E-state index >= 15 is 0 Å². The van der Waals surface area contributed by atoms with E-state index in [0.29, 0.717) is 5.92 Å². The van der Waals surface area contributed by atoms with Gasteiger partial charge < -0.3 is 4.74 Å². The van der Waals surface area contributed by atoms with Gasteiger partial charge in [0, 0.05) is 0 Å². The van der Waals surface area contributed by atoms with Crippen LogP contribution in [-0.4, -0.2) is 11.6 Å². The summed E-state index contributed by atoms with van der Waals surface area (Å²) in [6.07, 6.45) is 9.81. The van der Waals surface area contributed by atoms with Crippen LogP contribution in [0, 0.1) is 11.3 Å². The zero-order valence-corrected chi connectivity index (χ0v) is 11.6. The summed E-state index contributed by atoms with van der Waals surface area (Å²) in [6.45, 7) is 5.85. The summed E-state index contributed by atoms with van der Waals surface area (Å²) >= 11 is 0. The molecule has 2 aliphatic rings. The molecular weight excluding hydrogens is 212 g/mol. The van der Waals surface area contributed by atoms with E-state index in [-0.39, 0.29) is 17.0 Å². The van der Waals surface area contributed by atoms with Crippen molar-refractivity contribution in [1.29, 1.82) is 0 Å². The number of hydrogen-bond acceptors (Lipinski definition) is 2. The van der Waals surface area contributed by atoms with Crippen LogP contribution in [0.15, 0.2) is 0 Å². The van der Waals surface area contributed by atoms with Gasteiger partial charge in [-0.2, -0.15) is 0 Å². The van der Waals surface area contributed by atoms with Gasteiger partial charge in [0.15, 0.2) is 0 Å². The zero-order valence-electron chi connectivity index (χ0n) is 11.6. The summed E-state index contributed by atoms with van der Waals surface area (Å²) < 4.78 is 6.01. The van der Waals surface area contributed by atoms with Gasteiger partial charge in [-0.05, 0) is 65.2 Å². The fourth-order valence-corrected chi connectivity index (χ4v) is 3.36. The third-order valence-corrected chi connectivity index (χ3v) is 4.46. The molecule has 2 saturated carbocycles. The van der Waals surface area contributed by atoms with Gasteiger partial charge in [-0.25, -0.2) is 0 Å². The van der Waals surface area contributed by atoms with Crippen LogP contribution in [0.25, 0.3) is 0 Å². The Labute approximate surface area is 105 Å². The summed E-state index contributed by atoms with van der Waals surface area (Å²) in [4.78, 5) is 12.2. The SMILES string of the molecule is CC(C)(C)C(=O)OC1(C2CCCC2)CCCC1. The summed E-state index contributed by atoms with van der Waals surface area (Å²) in [5.74, 6) is 0.627. The summed E-state index contributed by atoms with van der Waals surface area (Å²) in [5.41, 5.74) is -0.463. The van der Waals surface area contributed by atoms with Gasteiger partial charge >= 0.3 is 5.97 Å². The van der Waals surface area contributed by atoms with Crippen LogP contribution in [0.5, 0.6) is 0 Å². The Morgan fingerprint density at radius 2 is 1.59 bits per heavy atom. The number of ether oxygens (including phenoxy) is 1. The lowest BCUT2D eigenvalue weighted by molar-refractivity contribution is -0.175. The maximum absolute atomic E-state index is 12.2. The molecule has 2 nitrogen and oxygen atoms in total. The second kappa shape index (κ2) is 4.62. The minimum absolute atomic E-state index is 0.00806. The maximum atomic E-state index is 12.2. The Hall–Kier alpha value is -0.530. The van der Waals surface area contributed by atoms with Crippen LogP contribution in [-0.2, 0) is 9.53 Å². The highest BCUT2D eigenvalue weighted by Crippen LogP contribution is 2.47. The molecule has 2 aliphatic carbocycles. The van der Waals surface area contributed by atoms with Gasteiger partial charge in [0.1, 0.15) is 5.60 Å². The largest absolute Gasteiger partial charge is 0.458 e. The van der Waals surface area contributed by atoms with Gasteiger partial charge in [-0.15, -0.1) is 0 Å². The summed E-state index contributed by atoms with van der Waals surface area (Å²) in [7, 11) is 0. The Kier molecular flexibility index (Phi) is 3.51. The average molecular weight is 238 g/mol. The fraction of sp³-hybridized carbons (Fsp3) is 0.933. The standard InChI is InChI=1S/C15H26O2/c1-14(2,3)13(16)17-15(10-6-7-11-15)12-8-4-5-9-12/h12H,4-11H2,1-3H3. The van der Waals surface area contributed by atoms with Crippen LogP contribution in [0.3, 0.4) is 0 Å². The van der Waals surface area contributed by atoms with Gasteiger partial charge in [0.25, 0.3) is 0 Å². The molecule has 0 unspecified atom stereocenters. The van der Waals surface area contributed by atoms with Gasteiger partial charge in [-0.1, -0.05) is 12.8 Å². The second-order valence-electron chi connectivity index (χ2n) is 6.89. The highest BCUT2D eigenvalue weighted by atomic mass is 16.6. The van der Waals surface area contributed by atoms with Crippen LogP contribution in [0.4, 0.5) is 0 Å². The molecule has 0 saturated heterocycles. The van der Waals surface area contributed by atoms with E-state index in [4.69, 9.17) is 4.74 Å². The van der Waals surface area contributed by atoms with E-state index in [1.165, 1.54) is 38.5 Å². The predicted octanol–water partition coefficient (Wildman–Crippen LogP) is 4.08. The van der Waals surface area contributed by atoms with Crippen molar-refractivity contribution in [2.24, 2.45) is 11.3 Å². The van der Waals surface area contributed by atoms with E-state index < -0.39 is 0 Å². The fourth-order valence-electron chi connectivity index (χ4n) is 3.36. The first-order chi connectivity index (χ1) is 7.94. The molecule has 0 heterocycles. The van der Waals surface area contributed by atoms with E-state index in [1.54, 1.807) is 0 Å². The van der Waals surface area contributed by atoms with Crippen molar-refractivity contribution in [1.82, 2.24) is 0 Å². The molecule has 98 valence electrons. The summed E-state index contributed by atoms with van der Waals surface area (Å²) in [6, 6.07) is 0. The molecule has 17 heavy (non-hydrogen) atoms. The molecular formula is C15H26O2. The quantitative estimate of drug-likeness (QED) is 0.678. The molecule has 0 aromatic rings. The van der Waals surface area contributed by atoms with Crippen molar-refractivity contribution in [3.63, 3.8) is 0 Å². The predicted molar refractivity (Wildman–Crippen MR) is 68.7 cm³/mol. The first-order valence-corrected chi connectivity index (χ1v) is 7.17. The molecule has 0 spiro atoms. The van der Waals surface area contributed by atoms with E-state index in [9.17, 15) is 4.79 Å². The number of carbonyl (C=O) groups is 1. The van der Waals surface area contributed by atoms with Gasteiger partial charge in [0.05, 0.1) is 5.41 Å². The normalized spacial score (nSPS) is 25.1. The molecule has 2 fully saturated rings. The molecule has 2 heteroatoms. The van der Waals surface area contributed by atoms with E-state index in [2.05, 4.69) is 0 Å². The van der Waals surface area contributed by atoms with E-state index in [1.807, 2.05) is 20.8 Å². The highest BCUT2D eigenvalue weighted by molar-refractivity contribution is 5.75. The van der Waals surface area contributed by atoms with Crippen molar-refractivity contribution in [2.75, 3.05) is 0 Å². The Bertz CT molecular complexity index is 276. The van der Waals surface area contributed by atoms with Gasteiger partial charge in [0.2, 0.25) is 0 Å². The third-order valence-electron chi connectivity index (χ3n) is 4.46. The Balaban J connectivity index is 2.09. The molecule has 2 rings (SSSR count). The van der Waals surface area contributed by atoms with Crippen molar-refractivity contribution in [3.8, 4) is 0 Å². The minimum atomic E-state index is -0.367. The second-order valence-corrected chi connectivity index (χ2v) is 6.89. The Morgan fingerprint density at radius 3 is 2.06 bits per heavy atom. The topological polar surface area (TPSA) is 26.3 Å². The minimum Gasteiger partial charge on any atom is -0.458 e. The summed E-state index contributed by atoms with van der Waals surface area (Å²) in [5, 5.41) is 0. The van der Waals surface area contributed by atoms with E-state index in [0.717, 1.165) is 12.8 Å². The molecule has 0 aliphatic heterocycles. The van der Waals surface area contributed by atoms with Crippen LogP contribution >= 0.6 is 0 Å². The number of rotatable bonds is 2. The smallest absolute Gasteiger partial charge is 0.311 e. The van der Waals surface area contributed by atoms with Crippen LogP contribution in [0.2, 0.25) is 0 Å². The third kappa shape index (κ3) is 2.66. The molecule has 0 aromatic heterocycles. The molecule has 0 atom stereocenters. The molecule has 0 bridgehead atoms. The molecule has 0 aromatic carbocycles. The number of esters is 1. The van der Waals surface area contributed by atoms with Crippen molar-refractivity contribution < 1.29 is 9.53 Å². The number of carbonyl (C=O) groups excluding carboxylic acids is 1. The first-order valence-electron chi connectivity index (χ1n) is 7.17. The molecule has 0 radical (unpaired) electrons. The van der Waals surface area contributed by atoms with Crippen molar-refractivity contribution in [3.05, 3.63) is 0 Å². The highest BCUT2D eigenvalue weighted by Gasteiger charge is 2.46. The molecule has 0 amide bonds. The van der Waals surface area contributed by atoms with Crippen LogP contribution in [0.1, 0.15) is 72.1 Å². The monoisotopic (exact) mass is 238 g/mol. The van der Waals surface area contributed by atoms with Gasteiger partial charge in [-0.3, -0.25) is 4.79 Å². The first kappa shape index (κ1) is 12.9. The van der Waals surface area contributed by atoms with Crippen molar-refractivity contribution in [2.45, 2.75) is 77.7 Å². The average Bonchev–Trinajstić information content (AvgIpc) is 2.85. The number of hydrogen-bond donors (Lipinski definition) is 0. The lowest BCUT2D eigenvalue weighted by Gasteiger charge is -2.37. The lowest BCUT2D eigenvalue weighted by atomic mass is 9.83.